The number of rotatable bonds is 1. The number of nitrogens with two attached hydrogens (primary N) is 1. The van der Waals surface area contributed by atoms with E-state index in [1.165, 1.54) is 0 Å². The minimum absolute atomic E-state index is 0.592. The van der Waals surface area contributed by atoms with E-state index in [0.29, 0.717) is 12.3 Å². The first-order valence-electron chi connectivity index (χ1n) is 3.80. The number of nitrogens with zero attached hydrogens (tertiary/aromatic N) is 2. The van der Waals surface area contributed by atoms with Crippen LogP contribution < -0.4 is 5.73 Å². The van der Waals surface area contributed by atoms with Crippen LogP contribution in [0.3, 0.4) is 0 Å². The van der Waals surface area contributed by atoms with Crippen molar-refractivity contribution in [1.29, 1.82) is 0 Å². The quantitative estimate of drug-likeness (QED) is 0.656. The molecule has 0 saturated carbocycles. The van der Waals surface area contributed by atoms with Crippen LogP contribution in [0.5, 0.6) is 0 Å². The third kappa shape index (κ3) is 1.21. The molecule has 60 valence electrons. The molecule has 1 heterocycles. The fourth-order valence-electron chi connectivity index (χ4n) is 1.16. The Labute approximate surface area is 70.6 Å². The summed E-state index contributed by atoms with van der Waals surface area (Å²) >= 11 is 0. The zero-order valence-corrected chi connectivity index (χ0v) is 6.57. The highest BCUT2D eigenvalue weighted by atomic mass is 15.3. The van der Waals surface area contributed by atoms with Gasteiger partial charge < -0.3 is 5.73 Å². The first kappa shape index (κ1) is 7.03. The van der Waals surface area contributed by atoms with Gasteiger partial charge in [-0.05, 0) is 5.56 Å². The number of amidine groups is 1. The molecule has 2 rings (SSSR count). The Kier molecular flexibility index (Phi) is 1.63. The van der Waals surface area contributed by atoms with Crippen LogP contribution in [0.15, 0.2) is 40.5 Å². The van der Waals surface area contributed by atoms with E-state index in [1.807, 2.05) is 30.3 Å². The highest BCUT2D eigenvalue weighted by Crippen LogP contribution is 2.08. The molecule has 3 heteroatoms. The summed E-state index contributed by atoms with van der Waals surface area (Å²) in [4.78, 5) is 0. The van der Waals surface area contributed by atoms with Gasteiger partial charge in [-0.25, -0.2) is 0 Å². The van der Waals surface area contributed by atoms with Crippen LogP contribution in [-0.4, -0.2) is 11.5 Å². The van der Waals surface area contributed by atoms with Crippen molar-refractivity contribution in [3.8, 4) is 0 Å². The summed E-state index contributed by atoms with van der Waals surface area (Å²) in [7, 11) is 0. The molecule has 0 bridgehead atoms. The van der Waals surface area contributed by atoms with E-state index in [4.69, 9.17) is 5.73 Å². The molecule has 1 aliphatic rings. The standard InChI is InChI=1S/C9H9N3/c10-9-6-8(11-12-9)7-4-2-1-3-5-7/h1-5H,6H2,(H2,10,12). The van der Waals surface area contributed by atoms with Gasteiger partial charge in [-0.2, -0.15) is 5.10 Å². The topological polar surface area (TPSA) is 50.7 Å². The van der Waals surface area contributed by atoms with Gasteiger partial charge in [-0.1, -0.05) is 30.3 Å². The Morgan fingerprint density at radius 2 is 1.83 bits per heavy atom. The molecule has 0 radical (unpaired) electrons. The van der Waals surface area contributed by atoms with Gasteiger partial charge in [0.1, 0.15) is 5.84 Å². The minimum atomic E-state index is 0.592. The van der Waals surface area contributed by atoms with Gasteiger partial charge in [0.15, 0.2) is 0 Å². The highest BCUT2D eigenvalue weighted by molar-refractivity contribution is 6.13. The Morgan fingerprint density at radius 3 is 2.42 bits per heavy atom. The van der Waals surface area contributed by atoms with Crippen LogP contribution in [0, 0.1) is 0 Å². The van der Waals surface area contributed by atoms with Gasteiger partial charge in [0.05, 0.1) is 12.1 Å². The SMILES string of the molecule is NC1=NN=C(c2ccccc2)C1. The molecule has 1 aromatic rings. The van der Waals surface area contributed by atoms with E-state index < -0.39 is 0 Å². The molecule has 0 amide bonds. The first-order chi connectivity index (χ1) is 5.86. The molecule has 2 N–H and O–H groups in total. The van der Waals surface area contributed by atoms with Gasteiger partial charge in [-0.15, -0.1) is 5.10 Å². The highest BCUT2D eigenvalue weighted by Gasteiger charge is 2.10. The van der Waals surface area contributed by atoms with Crippen LogP contribution >= 0.6 is 0 Å². The predicted octanol–water partition coefficient (Wildman–Crippen LogP) is 1.15. The average molecular weight is 159 g/mol. The summed E-state index contributed by atoms with van der Waals surface area (Å²) in [6, 6.07) is 9.95. The van der Waals surface area contributed by atoms with Crippen LogP contribution in [0.25, 0.3) is 0 Å². The van der Waals surface area contributed by atoms with Crippen LogP contribution in [0.1, 0.15) is 12.0 Å². The van der Waals surface area contributed by atoms with E-state index >= 15 is 0 Å². The molecule has 0 saturated heterocycles. The summed E-state index contributed by atoms with van der Waals surface area (Å²) in [5.74, 6) is 0.592. The van der Waals surface area contributed by atoms with Crippen molar-refractivity contribution in [3.63, 3.8) is 0 Å². The summed E-state index contributed by atoms with van der Waals surface area (Å²) < 4.78 is 0. The van der Waals surface area contributed by atoms with Gasteiger partial charge in [-0.3, -0.25) is 0 Å². The van der Waals surface area contributed by atoms with Crippen molar-refractivity contribution in [2.75, 3.05) is 0 Å². The maximum absolute atomic E-state index is 5.50. The fraction of sp³-hybridized carbons (Fsp3) is 0.111. The molecule has 0 aromatic heterocycles. The lowest BCUT2D eigenvalue weighted by molar-refractivity contribution is 1.26. The third-order valence-corrected chi connectivity index (χ3v) is 1.75. The Morgan fingerprint density at radius 1 is 1.08 bits per heavy atom. The largest absolute Gasteiger partial charge is 0.385 e. The van der Waals surface area contributed by atoms with Crippen molar-refractivity contribution >= 4 is 11.5 Å². The lowest BCUT2D eigenvalue weighted by atomic mass is 10.1. The second-order valence-electron chi connectivity index (χ2n) is 2.68. The molecule has 12 heavy (non-hydrogen) atoms. The molecule has 0 spiro atoms. The predicted molar refractivity (Wildman–Crippen MR) is 49.2 cm³/mol. The summed E-state index contributed by atoms with van der Waals surface area (Å²) in [5, 5.41) is 7.74. The monoisotopic (exact) mass is 159 g/mol. The van der Waals surface area contributed by atoms with E-state index in [1.54, 1.807) is 0 Å². The Balaban J connectivity index is 2.25. The maximum Gasteiger partial charge on any atom is 0.128 e. The maximum atomic E-state index is 5.50. The van der Waals surface area contributed by atoms with Gasteiger partial charge in [0.25, 0.3) is 0 Å². The molecule has 1 aliphatic heterocycles. The zero-order chi connectivity index (χ0) is 8.39. The van der Waals surface area contributed by atoms with Crippen molar-refractivity contribution in [1.82, 2.24) is 0 Å². The Hall–Kier alpha value is -1.64. The smallest absolute Gasteiger partial charge is 0.128 e. The Bertz CT molecular complexity index is 338. The van der Waals surface area contributed by atoms with E-state index in [-0.39, 0.29) is 0 Å². The number of hydrogen-bond donors (Lipinski definition) is 1. The van der Waals surface area contributed by atoms with E-state index in [9.17, 15) is 0 Å². The molecule has 0 aliphatic carbocycles. The van der Waals surface area contributed by atoms with Crippen molar-refractivity contribution < 1.29 is 0 Å². The fourth-order valence-corrected chi connectivity index (χ4v) is 1.16. The normalized spacial score (nSPS) is 15.7. The first-order valence-corrected chi connectivity index (χ1v) is 3.80. The molecular weight excluding hydrogens is 150 g/mol. The molecule has 0 unspecified atom stereocenters. The van der Waals surface area contributed by atoms with Crippen molar-refractivity contribution in [3.05, 3.63) is 35.9 Å². The molecule has 3 nitrogen and oxygen atoms in total. The van der Waals surface area contributed by atoms with Crippen molar-refractivity contribution in [2.45, 2.75) is 6.42 Å². The molecule has 1 aromatic carbocycles. The lowest BCUT2D eigenvalue weighted by Crippen LogP contribution is -2.12. The number of benzene rings is 1. The van der Waals surface area contributed by atoms with Gasteiger partial charge >= 0.3 is 0 Å². The van der Waals surface area contributed by atoms with Crippen LogP contribution in [0.4, 0.5) is 0 Å². The van der Waals surface area contributed by atoms with E-state index in [2.05, 4.69) is 10.2 Å². The molecule has 0 atom stereocenters. The third-order valence-electron chi connectivity index (χ3n) is 1.75. The minimum Gasteiger partial charge on any atom is -0.385 e. The van der Waals surface area contributed by atoms with Gasteiger partial charge in [0, 0.05) is 0 Å². The van der Waals surface area contributed by atoms with Gasteiger partial charge in [0.2, 0.25) is 0 Å². The van der Waals surface area contributed by atoms with Crippen molar-refractivity contribution in [2.24, 2.45) is 15.9 Å². The average Bonchev–Trinajstić information content (AvgIpc) is 2.54. The van der Waals surface area contributed by atoms with Crippen LogP contribution in [-0.2, 0) is 0 Å². The van der Waals surface area contributed by atoms with E-state index in [0.717, 1.165) is 11.3 Å². The second kappa shape index (κ2) is 2.77. The summed E-state index contributed by atoms with van der Waals surface area (Å²) in [5.41, 5.74) is 7.55. The lowest BCUT2D eigenvalue weighted by Gasteiger charge is -1.96. The zero-order valence-electron chi connectivity index (χ0n) is 6.57. The molecular formula is C9H9N3. The molecule has 0 fully saturated rings. The summed E-state index contributed by atoms with van der Waals surface area (Å²) in [6.45, 7) is 0. The summed E-state index contributed by atoms with van der Waals surface area (Å²) in [6.07, 6.45) is 0.671. The number of hydrogen-bond acceptors (Lipinski definition) is 3. The van der Waals surface area contributed by atoms with Crippen LogP contribution in [0.2, 0.25) is 0 Å². The second-order valence-corrected chi connectivity index (χ2v) is 2.68.